The summed E-state index contributed by atoms with van der Waals surface area (Å²) in [6.07, 6.45) is 0. The van der Waals surface area contributed by atoms with E-state index in [4.69, 9.17) is 56.4 Å². The van der Waals surface area contributed by atoms with Gasteiger partial charge in [-0.25, -0.2) is 9.97 Å². The Morgan fingerprint density at radius 3 is 1.29 bits per heavy atom. The Hall–Kier alpha value is -1.66. The molecule has 5 aromatic rings. The first-order valence-electron chi connectivity index (χ1n) is 10.3. The number of aromatic nitrogens is 2. The summed E-state index contributed by atoms with van der Waals surface area (Å²) in [7, 11) is 0. The van der Waals surface area contributed by atoms with Crippen LogP contribution in [-0.2, 0) is 11.5 Å². The topological polar surface area (TPSA) is 25.8 Å². The van der Waals surface area contributed by atoms with Gasteiger partial charge in [-0.15, -0.1) is 23.5 Å². The van der Waals surface area contributed by atoms with Gasteiger partial charge in [0.15, 0.2) is 0 Å². The van der Waals surface area contributed by atoms with E-state index >= 15 is 0 Å². The van der Waals surface area contributed by atoms with E-state index in [1.807, 2.05) is 48.5 Å². The van der Waals surface area contributed by atoms with Gasteiger partial charge in [0.25, 0.3) is 0 Å². The van der Waals surface area contributed by atoms with Crippen LogP contribution < -0.4 is 0 Å². The molecule has 1 heterocycles. The van der Waals surface area contributed by atoms with E-state index in [-0.39, 0.29) is 0 Å². The highest BCUT2D eigenvalue weighted by Crippen LogP contribution is 2.39. The largest absolute Gasteiger partial charge is 0.248 e. The van der Waals surface area contributed by atoms with Crippen LogP contribution in [0.4, 0.5) is 0 Å². The quantitative estimate of drug-likeness (QED) is 0.152. The van der Waals surface area contributed by atoms with Crippen LogP contribution in [0.5, 0.6) is 0 Å². The van der Waals surface area contributed by atoms with Crippen molar-refractivity contribution in [2.24, 2.45) is 0 Å². The lowest BCUT2D eigenvalue weighted by molar-refractivity contribution is 1.07. The number of fused-ring (bicyclic) bond motifs is 2. The van der Waals surface area contributed by atoms with E-state index in [1.54, 1.807) is 23.5 Å². The third-order valence-electron chi connectivity index (χ3n) is 5.23. The van der Waals surface area contributed by atoms with Crippen molar-refractivity contribution in [1.29, 1.82) is 0 Å². The second-order valence-corrected chi connectivity index (χ2v) is 11.1. The molecular formula is C26H16Cl4N2S2. The van der Waals surface area contributed by atoms with E-state index in [1.165, 1.54) is 0 Å². The Labute approximate surface area is 226 Å². The third-order valence-corrected chi connectivity index (χ3v) is 9.23. The van der Waals surface area contributed by atoms with Crippen molar-refractivity contribution in [2.45, 2.75) is 21.3 Å². The summed E-state index contributed by atoms with van der Waals surface area (Å²) in [5.74, 6) is 1.15. The van der Waals surface area contributed by atoms with Gasteiger partial charge in [-0.1, -0.05) is 82.8 Å². The van der Waals surface area contributed by atoms with E-state index in [0.29, 0.717) is 31.6 Å². The third kappa shape index (κ3) is 5.13. The lowest BCUT2D eigenvalue weighted by atomic mass is 10.1. The first-order valence-corrected chi connectivity index (χ1v) is 13.8. The van der Waals surface area contributed by atoms with Crippen LogP contribution in [0.25, 0.3) is 21.8 Å². The number of hydrogen-bond acceptors (Lipinski definition) is 4. The fourth-order valence-corrected chi connectivity index (χ4v) is 6.87. The molecule has 0 aliphatic rings. The number of thioether (sulfide) groups is 2. The molecule has 34 heavy (non-hydrogen) atoms. The van der Waals surface area contributed by atoms with Gasteiger partial charge in [-0.3, -0.25) is 0 Å². The van der Waals surface area contributed by atoms with Crippen LogP contribution in [0.1, 0.15) is 11.4 Å². The lowest BCUT2D eigenvalue weighted by Gasteiger charge is -2.13. The molecule has 0 fully saturated rings. The van der Waals surface area contributed by atoms with Crippen molar-refractivity contribution in [3.8, 4) is 0 Å². The molecule has 1 aromatic heterocycles. The van der Waals surface area contributed by atoms with Crippen LogP contribution in [-0.4, -0.2) is 9.97 Å². The Balaban J connectivity index is 1.55. The highest BCUT2D eigenvalue weighted by molar-refractivity contribution is 7.99. The predicted molar refractivity (Wildman–Crippen MR) is 149 cm³/mol. The highest BCUT2D eigenvalue weighted by atomic mass is 35.5. The number of hydrogen-bond donors (Lipinski definition) is 0. The SMILES string of the molecule is Clc1cccc(Cl)c1SCc1nc2cc3ccccc3cc2nc1CSc1c(Cl)cccc1Cl. The second-order valence-electron chi connectivity index (χ2n) is 7.48. The number of halogens is 4. The standard InChI is InChI=1S/C26H16Cl4N2S2/c27-17-7-3-8-18(28)25(17)33-13-23-24(14-34-26-19(29)9-4-10-20(26)30)32-22-12-16-6-2-1-5-15(16)11-21(22)31-23/h1-12H,13-14H2. The van der Waals surface area contributed by atoms with Crippen molar-refractivity contribution in [2.75, 3.05) is 0 Å². The average molecular weight is 562 g/mol. The molecule has 0 spiro atoms. The minimum absolute atomic E-state index is 0.575. The predicted octanol–water partition coefficient (Wildman–Crippen LogP) is 9.98. The zero-order valence-electron chi connectivity index (χ0n) is 17.6. The molecule has 0 aliphatic carbocycles. The summed E-state index contributed by atoms with van der Waals surface area (Å²) in [4.78, 5) is 11.7. The molecule has 0 aliphatic heterocycles. The second kappa shape index (κ2) is 10.5. The molecule has 0 bridgehead atoms. The molecule has 0 radical (unpaired) electrons. The minimum atomic E-state index is 0.575. The highest BCUT2D eigenvalue weighted by Gasteiger charge is 2.15. The molecule has 0 N–H and O–H groups in total. The van der Waals surface area contributed by atoms with Gasteiger partial charge < -0.3 is 0 Å². The van der Waals surface area contributed by atoms with Gasteiger partial charge in [0.05, 0.1) is 42.5 Å². The van der Waals surface area contributed by atoms with Crippen molar-refractivity contribution < 1.29 is 0 Å². The van der Waals surface area contributed by atoms with Gasteiger partial charge in [0, 0.05) is 21.3 Å². The summed E-state index contributed by atoms with van der Waals surface area (Å²) in [5, 5.41) is 4.74. The molecular weight excluding hydrogens is 546 g/mol. The van der Waals surface area contributed by atoms with Crippen molar-refractivity contribution in [1.82, 2.24) is 9.97 Å². The average Bonchev–Trinajstić information content (AvgIpc) is 2.82. The van der Waals surface area contributed by atoms with E-state index in [9.17, 15) is 0 Å². The van der Waals surface area contributed by atoms with Crippen molar-refractivity contribution in [3.63, 3.8) is 0 Å². The smallest absolute Gasteiger partial charge is 0.0897 e. The summed E-state index contributed by atoms with van der Waals surface area (Å²) in [6.45, 7) is 0. The molecule has 0 saturated carbocycles. The number of rotatable bonds is 6. The fourth-order valence-electron chi connectivity index (χ4n) is 3.57. The normalized spacial score (nSPS) is 11.4. The molecule has 2 nitrogen and oxygen atoms in total. The van der Waals surface area contributed by atoms with Gasteiger partial charge in [-0.05, 0) is 47.2 Å². The number of benzene rings is 4. The summed E-state index contributed by atoms with van der Waals surface area (Å²) in [6, 6.07) is 23.4. The molecule has 4 aromatic carbocycles. The Morgan fingerprint density at radius 1 is 0.529 bits per heavy atom. The first kappa shape index (κ1) is 24.1. The lowest BCUT2D eigenvalue weighted by Crippen LogP contribution is -2.01. The van der Waals surface area contributed by atoms with Gasteiger partial charge in [0.1, 0.15) is 0 Å². The molecule has 0 atom stereocenters. The van der Waals surface area contributed by atoms with Crippen molar-refractivity contribution in [3.05, 3.63) is 104 Å². The van der Waals surface area contributed by atoms with Gasteiger partial charge in [0.2, 0.25) is 0 Å². The Kier molecular flexibility index (Phi) is 7.45. The maximum atomic E-state index is 6.40. The van der Waals surface area contributed by atoms with Crippen LogP contribution in [0.3, 0.4) is 0 Å². The minimum Gasteiger partial charge on any atom is -0.248 e. The summed E-state index contributed by atoms with van der Waals surface area (Å²) in [5.41, 5.74) is 3.45. The van der Waals surface area contributed by atoms with Crippen LogP contribution in [0, 0.1) is 0 Å². The molecule has 8 heteroatoms. The maximum Gasteiger partial charge on any atom is 0.0897 e. The maximum absolute atomic E-state index is 6.40. The molecule has 5 rings (SSSR count). The van der Waals surface area contributed by atoms with Crippen molar-refractivity contribution >= 4 is 91.7 Å². The van der Waals surface area contributed by atoms with E-state index in [2.05, 4.69) is 24.3 Å². The zero-order valence-corrected chi connectivity index (χ0v) is 22.2. The van der Waals surface area contributed by atoms with Crippen LogP contribution >= 0.6 is 69.9 Å². The Morgan fingerprint density at radius 2 is 0.912 bits per heavy atom. The molecule has 0 saturated heterocycles. The van der Waals surface area contributed by atoms with E-state index in [0.717, 1.165) is 43.0 Å². The molecule has 0 unspecified atom stereocenters. The Bertz CT molecular complexity index is 1370. The van der Waals surface area contributed by atoms with Crippen LogP contribution in [0.15, 0.2) is 82.6 Å². The molecule has 0 amide bonds. The summed E-state index contributed by atoms with van der Waals surface area (Å²) < 4.78 is 0. The van der Waals surface area contributed by atoms with Gasteiger partial charge in [-0.2, -0.15) is 0 Å². The monoisotopic (exact) mass is 560 g/mol. The number of nitrogens with zero attached hydrogens (tertiary/aromatic N) is 2. The van der Waals surface area contributed by atoms with Crippen LogP contribution in [0.2, 0.25) is 20.1 Å². The molecule has 170 valence electrons. The fraction of sp³-hybridized carbons (Fsp3) is 0.0769. The van der Waals surface area contributed by atoms with E-state index < -0.39 is 0 Å². The summed E-state index contributed by atoms with van der Waals surface area (Å²) >= 11 is 28.7. The first-order chi connectivity index (χ1) is 16.5. The zero-order chi connectivity index (χ0) is 23.7. The van der Waals surface area contributed by atoms with Gasteiger partial charge >= 0.3 is 0 Å².